The van der Waals surface area contributed by atoms with Crippen LogP contribution in [0, 0.1) is 5.92 Å². The monoisotopic (exact) mass is 643 g/mol. The number of unbranched alkanes of at least 4 members (excludes halogenated alkanes) is 1. The van der Waals surface area contributed by atoms with Crippen LogP contribution in [0.5, 0.6) is 5.75 Å². The number of allylic oxidation sites excluding steroid dienone is 1. The lowest BCUT2D eigenvalue weighted by molar-refractivity contribution is -0.192. The Bertz CT molecular complexity index is 1470. The second-order valence-electron chi connectivity index (χ2n) is 9.52. The number of nitrogens with two attached hydrogens (primary N) is 2. The fourth-order valence-corrected chi connectivity index (χ4v) is 5.74. The van der Waals surface area contributed by atoms with Crippen molar-refractivity contribution in [2.24, 2.45) is 11.7 Å². The number of fused-ring (bicyclic) bond motifs is 1. The van der Waals surface area contributed by atoms with E-state index in [0.29, 0.717) is 55.0 Å². The number of aromatic nitrogens is 4. The highest BCUT2D eigenvalue weighted by molar-refractivity contribution is 7.52. The van der Waals surface area contributed by atoms with Gasteiger partial charge in [-0.2, -0.15) is 18.3 Å². The Labute approximate surface area is 250 Å². The molecule has 0 bridgehead atoms. The number of carboxylic acid groups (broad SMARTS) is 1. The molecule has 1 aliphatic carbocycles. The molecule has 1 aliphatic rings. The molecule has 0 saturated heterocycles. The number of aliphatic carboxylic acids is 1. The molecule has 3 aromatic rings. The molecule has 0 amide bonds. The van der Waals surface area contributed by atoms with E-state index >= 15 is 0 Å². The van der Waals surface area contributed by atoms with Crippen molar-refractivity contribution in [2.75, 3.05) is 26.0 Å². The predicted octanol–water partition coefficient (Wildman–Crippen LogP) is 3.62. The topological polar surface area (TPSA) is 207 Å². The molecule has 14 nitrogen and oxygen atoms in total. The molecule has 2 aromatic heterocycles. The molecule has 6 N–H and O–H groups in total. The van der Waals surface area contributed by atoms with Crippen LogP contribution in [0.4, 0.5) is 19.0 Å². The first-order chi connectivity index (χ1) is 20.9. The first-order valence-electron chi connectivity index (χ1n) is 13.3. The number of benzene rings is 1. The van der Waals surface area contributed by atoms with E-state index in [-0.39, 0.29) is 18.6 Å². The van der Waals surface area contributed by atoms with Crippen LogP contribution in [0.2, 0.25) is 0 Å². The van der Waals surface area contributed by atoms with E-state index in [4.69, 9.17) is 35.2 Å². The minimum atomic E-state index is -5.08. The van der Waals surface area contributed by atoms with Crippen molar-refractivity contribution in [1.82, 2.24) is 24.6 Å². The van der Waals surface area contributed by atoms with Gasteiger partial charge in [0.1, 0.15) is 23.6 Å². The first-order valence-corrected chi connectivity index (χ1v) is 14.9. The van der Waals surface area contributed by atoms with Gasteiger partial charge in [-0.25, -0.2) is 24.3 Å². The fourth-order valence-electron chi connectivity index (χ4n) is 4.16. The average molecular weight is 644 g/mol. The summed E-state index contributed by atoms with van der Waals surface area (Å²) in [6.07, 6.45) is 4.42. The number of hydrogen-bond acceptors (Lipinski definition) is 11. The van der Waals surface area contributed by atoms with E-state index < -0.39 is 31.9 Å². The SMILES string of the molecule is COC(=O)[C@H](CCCCN)NP(=O)(OC[C@H]1C=C[C@@H](n2cnc3c(N)ncnc32)C1)Oc1ccccc1.O=C(O)C(F)(F)F. The zero-order valence-electron chi connectivity index (χ0n) is 23.6. The number of hydrogen-bond donors (Lipinski definition) is 4. The summed E-state index contributed by atoms with van der Waals surface area (Å²) < 4.78 is 64.1. The highest BCUT2D eigenvalue weighted by Crippen LogP contribution is 2.46. The molecule has 2 heterocycles. The largest absolute Gasteiger partial charge is 0.490 e. The predicted molar refractivity (Wildman–Crippen MR) is 152 cm³/mol. The van der Waals surface area contributed by atoms with Crippen molar-refractivity contribution >= 4 is 36.7 Å². The quantitative estimate of drug-likeness (QED) is 0.0910. The molecule has 1 aromatic carbocycles. The van der Waals surface area contributed by atoms with Crippen molar-refractivity contribution in [3.8, 4) is 5.75 Å². The average Bonchev–Trinajstić information content (AvgIpc) is 3.64. The van der Waals surface area contributed by atoms with Crippen molar-refractivity contribution in [1.29, 1.82) is 0 Å². The second-order valence-corrected chi connectivity index (χ2v) is 11.2. The van der Waals surface area contributed by atoms with E-state index in [0.717, 1.165) is 0 Å². The van der Waals surface area contributed by atoms with E-state index in [9.17, 15) is 22.5 Å². The number of anilines is 1. The van der Waals surface area contributed by atoms with E-state index in [2.05, 4.69) is 20.0 Å². The van der Waals surface area contributed by atoms with Gasteiger partial charge in [0.25, 0.3) is 0 Å². The molecular weight excluding hydrogens is 610 g/mol. The number of para-hydroxylation sites is 1. The van der Waals surface area contributed by atoms with Gasteiger partial charge in [-0.1, -0.05) is 36.8 Å². The molecule has 0 radical (unpaired) electrons. The van der Waals surface area contributed by atoms with Crippen molar-refractivity contribution < 1.29 is 46.2 Å². The van der Waals surface area contributed by atoms with Gasteiger partial charge < -0.3 is 30.4 Å². The zero-order valence-corrected chi connectivity index (χ0v) is 24.5. The van der Waals surface area contributed by atoms with Crippen LogP contribution in [0.25, 0.3) is 11.2 Å². The van der Waals surface area contributed by atoms with Gasteiger partial charge in [-0.3, -0.25) is 9.32 Å². The standard InChI is InChI=1S/C24H32N7O5P.C2HF3O2/c1-34-24(32)20(9-5-6-12-25)30-37(33,36-19-7-3-2-4-8-19)35-14-17-10-11-18(13-17)31-16-29-21-22(26)27-15-28-23(21)31;3-2(4,5)1(6)7/h2-4,7-8,10-11,15-18,20H,5-6,9,12-14,25H2,1H3,(H,30,33)(H2,26,27,28);(H,6,7)/t17-,18+,20-,37?;/m0./s1. The number of nitrogens with one attached hydrogen (secondary N) is 1. The lowest BCUT2D eigenvalue weighted by Crippen LogP contribution is -2.37. The number of halogens is 3. The third-order valence-electron chi connectivity index (χ3n) is 6.31. The van der Waals surface area contributed by atoms with Crippen LogP contribution in [0.15, 0.2) is 55.1 Å². The summed E-state index contributed by atoms with van der Waals surface area (Å²) in [6.45, 7) is 0.590. The summed E-state index contributed by atoms with van der Waals surface area (Å²) in [4.78, 5) is 33.9. The molecule has 44 heavy (non-hydrogen) atoms. The highest BCUT2D eigenvalue weighted by Gasteiger charge is 2.38. The summed E-state index contributed by atoms with van der Waals surface area (Å²) in [5.41, 5.74) is 12.7. The van der Waals surface area contributed by atoms with E-state index in [1.807, 2.05) is 22.8 Å². The molecule has 0 aliphatic heterocycles. The van der Waals surface area contributed by atoms with Crippen LogP contribution in [-0.4, -0.2) is 69.0 Å². The maximum Gasteiger partial charge on any atom is 0.490 e. The lowest BCUT2D eigenvalue weighted by atomic mass is 10.1. The Morgan fingerprint density at radius 2 is 1.89 bits per heavy atom. The van der Waals surface area contributed by atoms with E-state index in [1.54, 1.807) is 30.6 Å². The van der Waals surface area contributed by atoms with Crippen LogP contribution >= 0.6 is 7.75 Å². The third-order valence-corrected chi connectivity index (χ3v) is 7.88. The number of carbonyl (C=O) groups is 2. The van der Waals surface area contributed by atoms with Gasteiger partial charge in [-0.05, 0) is 37.9 Å². The number of carbonyl (C=O) groups excluding carboxylic acids is 1. The second kappa shape index (κ2) is 15.6. The van der Waals surface area contributed by atoms with Crippen LogP contribution < -0.4 is 21.1 Å². The van der Waals surface area contributed by atoms with Crippen molar-refractivity contribution in [3.05, 3.63) is 55.1 Å². The Balaban J connectivity index is 0.000000676. The van der Waals surface area contributed by atoms with Crippen molar-refractivity contribution in [2.45, 2.75) is 43.9 Å². The van der Waals surface area contributed by atoms with Crippen molar-refractivity contribution in [3.63, 3.8) is 0 Å². The molecular formula is C26H33F3N7O7P. The fraction of sp³-hybridized carbons (Fsp3) is 0.423. The maximum absolute atomic E-state index is 13.9. The molecule has 0 fully saturated rings. The van der Waals surface area contributed by atoms with Gasteiger partial charge in [0.15, 0.2) is 11.5 Å². The van der Waals surface area contributed by atoms with Gasteiger partial charge in [0, 0.05) is 5.92 Å². The summed E-state index contributed by atoms with van der Waals surface area (Å²) in [6, 6.07) is 7.77. The number of alkyl halides is 3. The number of esters is 1. The number of imidazole rings is 1. The zero-order chi connectivity index (χ0) is 32.3. The number of methoxy groups -OCH3 is 1. The summed E-state index contributed by atoms with van der Waals surface area (Å²) in [5, 5.41) is 9.93. The van der Waals surface area contributed by atoms with Gasteiger partial charge in [-0.15, -0.1) is 0 Å². The summed E-state index contributed by atoms with van der Waals surface area (Å²) in [5.74, 6) is -2.70. The van der Waals surface area contributed by atoms with Crippen LogP contribution in [0.1, 0.15) is 31.7 Å². The van der Waals surface area contributed by atoms with Crippen LogP contribution in [0.3, 0.4) is 0 Å². The van der Waals surface area contributed by atoms with E-state index in [1.165, 1.54) is 13.4 Å². The number of carboxylic acids is 1. The Kier molecular flexibility index (Phi) is 12.2. The maximum atomic E-state index is 13.9. The normalized spacial score (nSPS) is 18.2. The summed E-state index contributed by atoms with van der Waals surface area (Å²) in [7, 11) is -2.68. The molecule has 1 unspecified atom stereocenters. The molecule has 240 valence electrons. The third kappa shape index (κ3) is 9.74. The Morgan fingerprint density at radius 1 is 1.18 bits per heavy atom. The molecule has 0 spiro atoms. The first kappa shape index (κ1) is 34.4. The Hall–Kier alpha value is -4.05. The van der Waals surface area contributed by atoms with Gasteiger partial charge >= 0.3 is 25.9 Å². The number of rotatable bonds is 13. The molecule has 4 rings (SSSR count). The van der Waals surface area contributed by atoms with Gasteiger partial charge in [0.05, 0.1) is 26.1 Å². The molecule has 4 atom stereocenters. The minimum absolute atomic E-state index is 0.0330. The highest BCUT2D eigenvalue weighted by atomic mass is 31.2. The Morgan fingerprint density at radius 3 is 2.52 bits per heavy atom. The number of nitrogen functional groups attached to an aromatic ring is 1. The number of ether oxygens (including phenoxy) is 1. The summed E-state index contributed by atoms with van der Waals surface area (Å²) >= 11 is 0. The number of nitrogens with zero attached hydrogens (tertiary/aromatic N) is 4. The minimum Gasteiger partial charge on any atom is -0.475 e. The smallest absolute Gasteiger partial charge is 0.475 e. The lowest BCUT2D eigenvalue weighted by Gasteiger charge is -2.25. The molecule has 18 heteroatoms. The van der Waals surface area contributed by atoms with Gasteiger partial charge in [0.2, 0.25) is 0 Å². The van der Waals surface area contributed by atoms with Crippen LogP contribution in [-0.2, 0) is 23.4 Å². The molecule has 0 saturated carbocycles.